The number of hydrogen-bond donors (Lipinski definition) is 4. The minimum Gasteiger partial charge on any atom is -0.457 e. The highest BCUT2D eigenvalue weighted by Gasteiger charge is 2.48. The minimum atomic E-state index is -5.07. The van der Waals surface area contributed by atoms with Crippen molar-refractivity contribution in [2.45, 2.75) is 282 Å². The van der Waals surface area contributed by atoms with Crippen LogP contribution in [0.15, 0.2) is 60.8 Å². The Hall–Kier alpha value is -2.20. The smallest absolute Gasteiger partial charge is 0.397 e. The van der Waals surface area contributed by atoms with Gasteiger partial charge in [-0.15, -0.1) is 0 Å². The van der Waals surface area contributed by atoms with Crippen molar-refractivity contribution in [1.29, 1.82) is 0 Å². The molecule has 0 aromatic rings. The summed E-state index contributed by atoms with van der Waals surface area (Å²) in [4.78, 5) is 12.9. The van der Waals surface area contributed by atoms with Gasteiger partial charge in [-0.3, -0.25) is 9.35 Å². The largest absolute Gasteiger partial charge is 0.457 e. The quantitative estimate of drug-likeness (QED) is 0.0196. The lowest BCUT2D eigenvalue weighted by molar-refractivity contribution is -0.301. The second kappa shape index (κ2) is 49.7. The first-order chi connectivity index (χ1) is 35.1. The summed E-state index contributed by atoms with van der Waals surface area (Å²) in [6, 6.07) is 0. The summed E-state index contributed by atoms with van der Waals surface area (Å²) in [7, 11) is -5.07. The van der Waals surface area contributed by atoms with Crippen molar-refractivity contribution in [1.82, 2.24) is 0 Å². The second-order valence-electron chi connectivity index (χ2n) is 19.9. The predicted octanol–water partition coefficient (Wildman–Crippen LogP) is 14.4. The highest BCUT2D eigenvalue weighted by atomic mass is 32.3. The van der Waals surface area contributed by atoms with Crippen LogP contribution in [-0.4, -0.2) is 97.5 Å². The highest BCUT2D eigenvalue weighted by molar-refractivity contribution is 7.80. The molecule has 0 aromatic carbocycles. The lowest BCUT2D eigenvalue weighted by Gasteiger charge is -2.41. The molecule has 1 heterocycles. The first-order valence-electron chi connectivity index (χ1n) is 29.0. The molecule has 1 rings (SSSR count). The molecule has 0 amide bonds. The summed E-state index contributed by atoms with van der Waals surface area (Å²) in [5.41, 5.74) is 0. The van der Waals surface area contributed by atoms with Crippen LogP contribution in [0.25, 0.3) is 0 Å². The van der Waals surface area contributed by atoms with Crippen LogP contribution in [-0.2, 0) is 38.3 Å². The van der Waals surface area contributed by atoms with Crippen molar-refractivity contribution in [3.05, 3.63) is 60.8 Å². The van der Waals surface area contributed by atoms with Gasteiger partial charge in [0.05, 0.1) is 19.8 Å². The molecule has 72 heavy (non-hydrogen) atoms. The molecule has 6 atom stereocenters. The van der Waals surface area contributed by atoms with Crippen molar-refractivity contribution in [2.75, 3.05) is 26.4 Å². The SMILES string of the molecule is CCCCC/C=C\C/C=C\C/C=C\CCCCCCCCC(=O)OC(COCCCCCCCCCCCCCCCC/C=C\C/C=C\CCCCCCC)COC1OC(CO)C(O)C(OS(=O)(=O)O)C1O. The van der Waals surface area contributed by atoms with E-state index in [0.717, 1.165) is 77.0 Å². The van der Waals surface area contributed by atoms with Crippen molar-refractivity contribution < 1.29 is 56.2 Å². The molecule has 1 fully saturated rings. The molecule has 1 aliphatic heterocycles. The number of aliphatic hydroxyl groups is 3. The van der Waals surface area contributed by atoms with Crippen LogP contribution in [0.4, 0.5) is 0 Å². The molecule has 1 aliphatic rings. The average molecular weight is 1040 g/mol. The fourth-order valence-electron chi connectivity index (χ4n) is 8.71. The monoisotopic (exact) mass is 1040 g/mol. The van der Waals surface area contributed by atoms with Gasteiger partial charge in [-0.25, -0.2) is 4.18 Å². The summed E-state index contributed by atoms with van der Waals surface area (Å²) < 4.78 is 59.4. The molecule has 1 saturated heterocycles. The number of carbonyl (C=O) groups is 1. The van der Waals surface area contributed by atoms with Gasteiger partial charge in [-0.1, -0.05) is 216 Å². The number of carbonyl (C=O) groups excluding carboxylic acids is 1. The Kier molecular flexibility index (Phi) is 46.8. The molecule has 0 aromatic heterocycles. The van der Waals surface area contributed by atoms with Gasteiger partial charge >= 0.3 is 16.4 Å². The zero-order valence-corrected chi connectivity index (χ0v) is 46.3. The first kappa shape index (κ1) is 67.8. The van der Waals surface area contributed by atoms with E-state index >= 15 is 0 Å². The minimum absolute atomic E-state index is 0.0294. The summed E-state index contributed by atoms with van der Waals surface area (Å²) >= 11 is 0. The maximum Gasteiger partial charge on any atom is 0.397 e. The van der Waals surface area contributed by atoms with E-state index in [1.807, 2.05) is 0 Å². The molecule has 12 nitrogen and oxygen atoms in total. The average Bonchev–Trinajstić information content (AvgIpc) is 3.36. The summed E-state index contributed by atoms with van der Waals surface area (Å²) in [6.07, 6.45) is 55.4. The fraction of sp³-hybridized carbons (Fsp3) is 0.814. The third kappa shape index (κ3) is 42.1. The van der Waals surface area contributed by atoms with Crippen molar-refractivity contribution in [3.8, 4) is 0 Å². The third-order valence-corrected chi connectivity index (χ3v) is 13.6. The number of hydrogen-bond acceptors (Lipinski definition) is 11. The van der Waals surface area contributed by atoms with Crippen LogP contribution in [0.5, 0.6) is 0 Å². The maximum atomic E-state index is 12.9. The molecule has 0 bridgehead atoms. The number of esters is 1. The highest BCUT2D eigenvalue weighted by Crippen LogP contribution is 2.26. The molecule has 13 heteroatoms. The van der Waals surface area contributed by atoms with E-state index in [1.165, 1.54) is 141 Å². The van der Waals surface area contributed by atoms with Crippen LogP contribution in [0, 0.1) is 0 Å². The number of aliphatic hydroxyl groups excluding tert-OH is 3. The van der Waals surface area contributed by atoms with Crippen molar-refractivity contribution >= 4 is 16.4 Å². The van der Waals surface area contributed by atoms with Crippen LogP contribution in [0.1, 0.15) is 245 Å². The number of ether oxygens (including phenoxy) is 4. The Bertz CT molecular complexity index is 1480. The molecule has 0 saturated carbocycles. The van der Waals surface area contributed by atoms with Crippen LogP contribution >= 0.6 is 0 Å². The number of rotatable bonds is 51. The predicted molar refractivity (Wildman–Crippen MR) is 294 cm³/mol. The van der Waals surface area contributed by atoms with Crippen LogP contribution in [0.3, 0.4) is 0 Å². The molecule has 420 valence electrons. The zero-order valence-electron chi connectivity index (χ0n) is 45.5. The van der Waals surface area contributed by atoms with Crippen molar-refractivity contribution in [2.24, 2.45) is 0 Å². The van der Waals surface area contributed by atoms with Gasteiger partial charge in [-0.05, 0) is 83.5 Å². The van der Waals surface area contributed by atoms with Gasteiger partial charge in [0.25, 0.3) is 0 Å². The van der Waals surface area contributed by atoms with E-state index in [0.29, 0.717) is 13.0 Å². The maximum absolute atomic E-state index is 12.9. The first-order valence-corrected chi connectivity index (χ1v) is 30.4. The van der Waals surface area contributed by atoms with Gasteiger partial charge in [0.15, 0.2) is 6.29 Å². The van der Waals surface area contributed by atoms with E-state index < -0.39 is 59.8 Å². The Morgan fingerprint density at radius 2 is 0.917 bits per heavy atom. The second-order valence-corrected chi connectivity index (χ2v) is 20.9. The van der Waals surface area contributed by atoms with Crippen LogP contribution < -0.4 is 0 Å². The zero-order chi connectivity index (χ0) is 52.4. The van der Waals surface area contributed by atoms with Gasteiger partial charge in [0.2, 0.25) is 0 Å². The molecule has 4 N–H and O–H groups in total. The van der Waals surface area contributed by atoms with E-state index in [9.17, 15) is 33.1 Å². The molecule has 0 radical (unpaired) electrons. The third-order valence-electron chi connectivity index (χ3n) is 13.1. The molecule has 6 unspecified atom stereocenters. The molecule has 0 spiro atoms. The normalized spacial score (nSPS) is 19.3. The lowest BCUT2D eigenvalue weighted by atomic mass is 9.99. The summed E-state index contributed by atoms with van der Waals surface area (Å²) in [5, 5.41) is 30.8. The Morgan fingerprint density at radius 3 is 1.36 bits per heavy atom. The fourth-order valence-corrected chi connectivity index (χ4v) is 9.22. The van der Waals surface area contributed by atoms with E-state index in [1.54, 1.807) is 0 Å². The van der Waals surface area contributed by atoms with Crippen LogP contribution in [0.2, 0.25) is 0 Å². The van der Waals surface area contributed by atoms with E-state index in [2.05, 4.69) is 78.8 Å². The number of allylic oxidation sites excluding steroid dienone is 10. The Morgan fingerprint density at radius 1 is 0.528 bits per heavy atom. The standard InChI is InChI=1S/C59H106O12S/c1-3-5-7-9-11-13-15-17-19-21-23-24-25-26-27-28-29-31-33-35-37-39-41-43-45-47-49-67-51-53(52-68-59-57(63)58(71-72(64,65)66)56(62)54(50-60)70-59)69-55(61)48-46-44-42-40-38-36-34-32-30-22-20-18-16-14-12-10-8-6-4-2/h12,14-15,17-18,20-21,23,30,32,53-54,56-60,62-63H,3-11,13,16,19,22,24-29,31,33-52H2,1-2H3,(H,64,65,66)/b14-12-,17-15-,20-18-,23-21-,32-30-. The molecular formula is C59H106O12S. The van der Waals surface area contributed by atoms with Gasteiger partial charge in [0.1, 0.15) is 30.5 Å². The van der Waals surface area contributed by atoms with Gasteiger partial charge in [0, 0.05) is 13.0 Å². The molecule has 0 aliphatic carbocycles. The van der Waals surface area contributed by atoms with E-state index in [-0.39, 0.29) is 19.6 Å². The number of unbranched alkanes of at least 4 members (excludes halogenated alkanes) is 28. The van der Waals surface area contributed by atoms with E-state index in [4.69, 9.17) is 18.9 Å². The topological polar surface area (TPSA) is 178 Å². The van der Waals surface area contributed by atoms with Gasteiger partial charge < -0.3 is 34.3 Å². The molecular weight excluding hydrogens is 933 g/mol. The van der Waals surface area contributed by atoms with Gasteiger partial charge in [-0.2, -0.15) is 8.42 Å². The summed E-state index contributed by atoms with van der Waals surface area (Å²) in [5.74, 6) is -0.410. The van der Waals surface area contributed by atoms with Crippen molar-refractivity contribution in [3.63, 3.8) is 0 Å². The lowest BCUT2D eigenvalue weighted by Crippen LogP contribution is -2.60. The Labute approximate surface area is 439 Å². The Balaban J connectivity index is 2.29. The summed E-state index contributed by atoms with van der Waals surface area (Å²) in [6.45, 7) is 3.96.